The minimum absolute atomic E-state index is 0.203. The molecular weight excluding hydrogens is 284 g/mol. The van der Waals surface area contributed by atoms with Crippen molar-refractivity contribution in [3.8, 4) is 0 Å². The number of hydrogen-bond donors (Lipinski definition) is 1. The summed E-state index contributed by atoms with van der Waals surface area (Å²) < 4.78 is 6.07. The number of aliphatic hydroxyl groups excluding tert-OH is 1. The monoisotopic (exact) mass is 322 g/mol. The van der Waals surface area contributed by atoms with Gasteiger partial charge < -0.3 is 9.84 Å². The molecule has 0 heterocycles. The van der Waals surface area contributed by atoms with Gasteiger partial charge in [-0.25, -0.2) is 0 Å². The Hall–Kier alpha value is -0.0800. The van der Waals surface area contributed by atoms with Crippen LogP contribution in [-0.2, 0) is 4.74 Å². The van der Waals surface area contributed by atoms with Crippen LogP contribution in [0.15, 0.2) is 0 Å². The predicted octanol–water partition coefficient (Wildman–Crippen LogP) is 5.24. The van der Waals surface area contributed by atoms with Crippen molar-refractivity contribution in [2.24, 2.45) is 41.4 Å². The van der Waals surface area contributed by atoms with Crippen molar-refractivity contribution in [1.82, 2.24) is 0 Å². The highest BCUT2D eigenvalue weighted by Gasteiger charge is 2.61. The lowest BCUT2D eigenvalue weighted by Gasteiger charge is -2.39. The second-order valence-corrected chi connectivity index (χ2v) is 9.29. The van der Waals surface area contributed by atoms with Crippen LogP contribution in [0.25, 0.3) is 0 Å². The van der Waals surface area contributed by atoms with Gasteiger partial charge in [0.25, 0.3) is 0 Å². The summed E-state index contributed by atoms with van der Waals surface area (Å²) in [6.07, 6.45) is 8.52. The third-order valence-corrected chi connectivity index (χ3v) is 7.72. The van der Waals surface area contributed by atoms with Crippen LogP contribution in [0.5, 0.6) is 0 Å². The Morgan fingerprint density at radius 2 is 1.78 bits per heavy atom. The molecule has 2 nitrogen and oxygen atoms in total. The number of rotatable bonds is 7. The first-order valence-corrected chi connectivity index (χ1v) is 10.3. The summed E-state index contributed by atoms with van der Waals surface area (Å²) in [6.45, 7) is 11.1. The summed E-state index contributed by atoms with van der Waals surface area (Å²) in [5, 5.41) is 10.8. The molecule has 2 bridgehead atoms. The lowest BCUT2D eigenvalue weighted by Crippen LogP contribution is -2.40. The standard InChI is InChI=1S/C21H38O2/c1-6-9-14-10-13(7-2)19-16-11-15(18(14)19)12-17(16)20(22)23-21(4,5)8-3/h13-20,22H,6-12H2,1-5H3. The number of hydrogen-bond acceptors (Lipinski definition) is 2. The second-order valence-electron chi connectivity index (χ2n) is 9.29. The third-order valence-electron chi connectivity index (χ3n) is 7.72. The Morgan fingerprint density at radius 1 is 1.04 bits per heavy atom. The number of aliphatic hydroxyl groups is 1. The normalized spacial score (nSPS) is 43.8. The molecule has 3 rings (SSSR count). The van der Waals surface area contributed by atoms with Crippen LogP contribution in [0.2, 0.25) is 0 Å². The van der Waals surface area contributed by atoms with Crippen LogP contribution in [0.3, 0.4) is 0 Å². The molecule has 0 spiro atoms. The van der Waals surface area contributed by atoms with E-state index in [1.54, 1.807) is 0 Å². The average molecular weight is 323 g/mol. The summed E-state index contributed by atoms with van der Waals surface area (Å²) in [6, 6.07) is 0. The fourth-order valence-corrected chi connectivity index (χ4v) is 6.51. The Morgan fingerprint density at radius 3 is 2.39 bits per heavy atom. The summed E-state index contributed by atoms with van der Waals surface area (Å²) in [5.74, 6) is 5.69. The van der Waals surface area contributed by atoms with E-state index in [-0.39, 0.29) is 5.60 Å². The molecule has 0 saturated heterocycles. The molecule has 8 unspecified atom stereocenters. The second kappa shape index (κ2) is 6.67. The van der Waals surface area contributed by atoms with Gasteiger partial charge >= 0.3 is 0 Å². The van der Waals surface area contributed by atoms with E-state index in [0.29, 0.717) is 5.92 Å². The highest BCUT2D eigenvalue weighted by molar-refractivity contribution is 5.08. The lowest BCUT2D eigenvalue weighted by molar-refractivity contribution is -0.211. The zero-order valence-electron chi connectivity index (χ0n) is 15.9. The fraction of sp³-hybridized carbons (Fsp3) is 1.00. The topological polar surface area (TPSA) is 29.5 Å². The van der Waals surface area contributed by atoms with Crippen molar-refractivity contribution in [2.45, 2.75) is 91.5 Å². The molecule has 3 saturated carbocycles. The van der Waals surface area contributed by atoms with Crippen molar-refractivity contribution in [3.63, 3.8) is 0 Å². The maximum atomic E-state index is 10.8. The largest absolute Gasteiger partial charge is 0.368 e. The first-order chi connectivity index (χ1) is 10.9. The highest BCUT2D eigenvalue weighted by Crippen LogP contribution is 2.66. The van der Waals surface area contributed by atoms with Crippen molar-refractivity contribution in [1.29, 1.82) is 0 Å². The van der Waals surface area contributed by atoms with Gasteiger partial charge in [0.2, 0.25) is 0 Å². The van der Waals surface area contributed by atoms with Crippen LogP contribution >= 0.6 is 0 Å². The predicted molar refractivity (Wildman–Crippen MR) is 94.9 cm³/mol. The molecule has 3 aliphatic rings. The Labute approximate surface area is 143 Å². The first-order valence-electron chi connectivity index (χ1n) is 10.3. The van der Waals surface area contributed by atoms with Gasteiger partial charge in [0, 0.05) is 5.92 Å². The van der Waals surface area contributed by atoms with E-state index >= 15 is 0 Å². The van der Waals surface area contributed by atoms with Crippen molar-refractivity contribution < 1.29 is 9.84 Å². The van der Waals surface area contributed by atoms with Gasteiger partial charge in [-0.15, -0.1) is 0 Å². The first kappa shape index (κ1) is 17.7. The van der Waals surface area contributed by atoms with E-state index in [1.807, 2.05) is 0 Å². The molecular formula is C21H38O2. The van der Waals surface area contributed by atoms with E-state index in [9.17, 15) is 5.11 Å². The Bertz CT molecular complexity index is 405. The van der Waals surface area contributed by atoms with Crippen molar-refractivity contribution in [3.05, 3.63) is 0 Å². The van der Waals surface area contributed by atoms with E-state index < -0.39 is 6.29 Å². The van der Waals surface area contributed by atoms with E-state index in [1.165, 1.54) is 38.5 Å². The van der Waals surface area contributed by atoms with Gasteiger partial charge in [-0.3, -0.25) is 0 Å². The maximum Gasteiger partial charge on any atom is 0.158 e. The minimum atomic E-state index is -0.552. The van der Waals surface area contributed by atoms with E-state index in [2.05, 4.69) is 34.6 Å². The van der Waals surface area contributed by atoms with Crippen LogP contribution in [0.1, 0.15) is 79.6 Å². The summed E-state index contributed by atoms with van der Waals surface area (Å²) in [7, 11) is 0. The van der Waals surface area contributed by atoms with E-state index in [0.717, 1.165) is 41.9 Å². The van der Waals surface area contributed by atoms with Gasteiger partial charge in [-0.2, -0.15) is 0 Å². The molecule has 3 aliphatic carbocycles. The van der Waals surface area contributed by atoms with Gasteiger partial charge in [-0.05, 0) is 75.0 Å². The molecule has 0 aliphatic heterocycles. The molecule has 0 aromatic rings. The zero-order valence-corrected chi connectivity index (χ0v) is 15.9. The zero-order chi connectivity index (χ0) is 16.8. The molecule has 3 fully saturated rings. The summed E-state index contributed by atoms with van der Waals surface area (Å²) in [4.78, 5) is 0. The molecule has 0 amide bonds. The molecule has 0 aromatic carbocycles. The summed E-state index contributed by atoms with van der Waals surface area (Å²) >= 11 is 0. The lowest BCUT2D eigenvalue weighted by atomic mass is 9.70. The Balaban J connectivity index is 1.71. The molecule has 23 heavy (non-hydrogen) atoms. The molecule has 8 atom stereocenters. The molecule has 0 radical (unpaired) electrons. The van der Waals surface area contributed by atoms with Crippen LogP contribution in [0, 0.1) is 41.4 Å². The fourth-order valence-electron chi connectivity index (χ4n) is 6.51. The smallest absolute Gasteiger partial charge is 0.158 e. The van der Waals surface area contributed by atoms with Crippen LogP contribution < -0.4 is 0 Å². The SMILES string of the molecule is CCCC1CC(CC)C2C3CC(CC3C(O)OC(C)(C)CC)C12. The maximum absolute atomic E-state index is 10.8. The highest BCUT2D eigenvalue weighted by atomic mass is 16.6. The molecule has 1 N–H and O–H groups in total. The van der Waals surface area contributed by atoms with Crippen LogP contribution in [0.4, 0.5) is 0 Å². The van der Waals surface area contributed by atoms with Crippen molar-refractivity contribution >= 4 is 0 Å². The van der Waals surface area contributed by atoms with Gasteiger partial charge in [0.1, 0.15) is 0 Å². The molecule has 0 aromatic heterocycles. The number of fused-ring (bicyclic) bond motifs is 5. The average Bonchev–Trinajstić information content (AvgIpc) is 3.17. The van der Waals surface area contributed by atoms with Gasteiger partial charge in [-0.1, -0.05) is 40.0 Å². The Kier molecular flexibility index (Phi) is 5.14. The quantitative estimate of drug-likeness (QED) is 0.649. The molecule has 134 valence electrons. The minimum Gasteiger partial charge on any atom is -0.368 e. The van der Waals surface area contributed by atoms with Crippen LogP contribution in [-0.4, -0.2) is 17.0 Å². The van der Waals surface area contributed by atoms with Gasteiger partial charge in [0.05, 0.1) is 5.60 Å². The number of ether oxygens (including phenoxy) is 1. The summed E-state index contributed by atoms with van der Waals surface area (Å²) in [5.41, 5.74) is -0.203. The van der Waals surface area contributed by atoms with E-state index in [4.69, 9.17) is 4.74 Å². The third kappa shape index (κ3) is 3.11. The molecule has 2 heteroatoms. The van der Waals surface area contributed by atoms with Gasteiger partial charge in [0.15, 0.2) is 6.29 Å². The van der Waals surface area contributed by atoms with Crippen molar-refractivity contribution in [2.75, 3.05) is 0 Å².